The Bertz CT molecular complexity index is 639. The van der Waals surface area contributed by atoms with Crippen molar-refractivity contribution in [2.45, 2.75) is 12.5 Å². The van der Waals surface area contributed by atoms with E-state index in [1.165, 1.54) is 0 Å². The Morgan fingerprint density at radius 3 is 2.27 bits per heavy atom. The molecule has 5 heteroatoms. The lowest BCUT2D eigenvalue weighted by atomic mass is 10.1. The van der Waals surface area contributed by atoms with Crippen LogP contribution in [-0.4, -0.2) is 24.6 Å². The summed E-state index contributed by atoms with van der Waals surface area (Å²) in [4.78, 5) is 33.5. The van der Waals surface area contributed by atoms with Crippen LogP contribution in [0.3, 0.4) is 0 Å². The molecule has 0 aromatic heterocycles. The Balaban J connectivity index is 1.98. The maximum Gasteiger partial charge on any atom is 0.251 e. The van der Waals surface area contributed by atoms with Gasteiger partial charge in [-0.1, -0.05) is 30.3 Å². The summed E-state index contributed by atoms with van der Waals surface area (Å²) >= 11 is 0. The molecule has 5 nitrogen and oxygen atoms in total. The first kappa shape index (κ1) is 15.4. The number of anilines is 1. The SMILES string of the molecule is O=CNc1ccc(CC(C=O)NC(=O)c2ccccc2)cc1. The van der Waals surface area contributed by atoms with Gasteiger partial charge >= 0.3 is 0 Å². The Labute approximate surface area is 128 Å². The molecule has 22 heavy (non-hydrogen) atoms. The highest BCUT2D eigenvalue weighted by Crippen LogP contribution is 2.10. The van der Waals surface area contributed by atoms with E-state index in [2.05, 4.69) is 10.6 Å². The normalized spacial score (nSPS) is 11.3. The summed E-state index contributed by atoms with van der Waals surface area (Å²) in [6, 6.07) is 15.2. The lowest BCUT2D eigenvalue weighted by Crippen LogP contribution is -2.37. The van der Waals surface area contributed by atoms with Gasteiger partial charge in [0.1, 0.15) is 6.29 Å². The van der Waals surface area contributed by atoms with E-state index in [4.69, 9.17) is 0 Å². The second-order valence-electron chi connectivity index (χ2n) is 4.75. The van der Waals surface area contributed by atoms with E-state index < -0.39 is 6.04 Å². The summed E-state index contributed by atoms with van der Waals surface area (Å²) < 4.78 is 0. The van der Waals surface area contributed by atoms with E-state index in [0.717, 1.165) is 11.8 Å². The zero-order valence-corrected chi connectivity index (χ0v) is 11.9. The predicted octanol–water partition coefficient (Wildman–Crippen LogP) is 1.79. The van der Waals surface area contributed by atoms with E-state index >= 15 is 0 Å². The van der Waals surface area contributed by atoms with Crippen LogP contribution in [0.1, 0.15) is 15.9 Å². The Morgan fingerprint density at radius 1 is 1.00 bits per heavy atom. The van der Waals surface area contributed by atoms with Crippen molar-refractivity contribution in [1.82, 2.24) is 5.32 Å². The predicted molar refractivity (Wildman–Crippen MR) is 83.6 cm³/mol. The third-order valence-corrected chi connectivity index (χ3v) is 3.15. The van der Waals surface area contributed by atoms with Gasteiger partial charge in [0.2, 0.25) is 6.41 Å². The van der Waals surface area contributed by atoms with E-state index in [1.807, 2.05) is 6.07 Å². The molecule has 1 unspecified atom stereocenters. The van der Waals surface area contributed by atoms with E-state index in [1.54, 1.807) is 48.5 Å². The molecular weight excluding hydrogens is 280 g/mol. The quantitative estimate of drug-likeness (QED) is 0.765. The van der Waals surface area contributed by atoms with Crippen LogP contribution in [0.25, 0.3) is 0 Å². The fraction of sp³-hybridized carbons (Fsp3) is 0.118. The van der Waals surface area contributed by atoms with Crippen molar-refractivity contribution in [3.63, 3.8) is 0 Å². The van der Waals surface area contributed by atoms with Gasteiger partial charge in [0.25, 0.3) is 5.91 Å². The molecule has 2 aromatic carbocycles. The van der Waals surface area contributed by atoms with Gasteiger partial charge in [-0.2, -0.15) is 0 Å². The molecule has 2 N–H and O–H groups in total. The fourth-order valence-electron chi connectivity index (χ4n) is 2.03. The molecule has 0 aliphatic carbocycles. The first-order valence-corrected chi connectivity index (χ1v) is 6.83. The van der Waals surface area contributed by atoms with Gasteiger partial charge in [-0.15, -0.1) is 0 Å². The van der Waals surface area contributed by atoms with Gasteiger partial charge in [0, 0.05) is 11.3 Å². The van der Waals surface area contributed by atoms with Gasteiger partial charge in [0.15, 0.2) is 0 Å². The molecule has 0 radical (unpaired) electrons. The van der Waals surface area contributed by atoms with Gasteiger partial charge in [-0.05, 0) is 36.2 Å². The van der Waals surface area contributed by atoms with Crippen LogP contribution in [0.4, 0.5) is 5.69 Å². The largest absolute Gasteiger partial charge is 0.342 e. The number of carbonyl (C=O) groups excluding carboxylic acids is 3. The lowest BCUT2D eigenvalue weighted by Gasteiger charge is -2.13. The first-order chi connectivity index (χ1) is 10.7. The molecule has 0 spiro atoms. The minimum Gasteiger partial charge on any atom is -0.342 e. The molecular formula is C17H16N2O3. The number of amides is 2. The van der Waals surface area contributed by atoms with Gasteiger partial charge < -0.3 is 15.4 Å². The summed E-state index contributed by atoms with van der Waals surface area (Å²) in [5, 5.41) is 5.23. The van der Waals surface area contributed by atoms with Crippen LogP contribution >= 0.6 is 0 Å². The molecule has 112 valence electrons. The number of hydrogen-bond donors (Lipinski definition) is 2. The zero-order chi connectivity index (χ0) is 15.8. The number of benzene rings is 2. The van der Waals surface area contributed by atoms with Crippen molar-refractivity contribution in [3.8, 4) is 0 Å². The minimum atomic E-state index is -0.599. The molecule has 2 amide bonds. The minimum absolute atomic E-state index is 0.281. The number of aldehydes is 1. The summed E-state index contributed by atoms with van der Waals surface area (Å²) in [7, 11) is 0. The Hall–Kier alpha value is -2.95. The average Bonchev–Trinajstić information content (AvgIpc) is 2.57. The van der Waals surface area contributed by atoms with Crippen LogP contribution in [-0.2, 0) is 16.0 Å². The summed E-state index contributed by atoms with van der Waals surface area (Å²) in [6.45, 7) is 0. The van der Waals surface area contributed by atoms with Crippen molar-refractivity contribution >= 4 is 24.3 Å². The topological polar surface area (TPSA) is 75.3 Å². The van der Waals surface area contributed by atoms with Crippen molar-refractivity contribution in [2.75, 3.05) is 5.32 Å². The van der Waals surface area contributed by atoms with Crippen LogP contribution in [0, 0.1) is 0 Å². The van der Waals surface area contributed by atoms with Crippen LogP contribution in [0.2, 0.25) is 0 Å². The number of nitrogens with one attached hydrogen (secondary N) is 2. The monoisotopic (exact) mass is 296 g/mol. The molecule has 0 heterocycles. The maximum atomic E-state index is 12.0. The van der Waals surface area contributed by atoms with Gasteiger partial charge in [-0.25, -0.2) is 0 Å². The lowest BCUT2D eigenvalue weighted by molar-refractivity contribution is -0.109. The van der Waals surface area contributed by atoms with Crippen molar-refractivity contribution in [3.05, 3.63) is 65.7 Å². The van der Waals surface area contributed by atoms with Crippen molar-refractivity contribution in [2.24, 2.45) is 0 Å². The van der Waals surface area contributed by atoms with Crippen molar-refractivity contribution in [1.29, 1.82) is 0 Å². The van der Waals surface area contributed by atoms with Crippen LogP contribution in [0.15, 0.2) is 54.6 Å². The molecule has 0 fully saturated rings. The molecule has 1 atom stereocenters. The average molecular weight is 296 g/mol. The fourth-order valence-corrected chi connectivity index (χ4v) is 2.03. The second-order valence-corrected chi connectivity index (χ2v) is 4.75. The molecule has 2 rings (SSSR count). The van der Waals surface area contributed by atoms with Crippen LogP contribution in [0.5, 0.6) is 0 Å². The molecule has 0 saturated heterocycles. The number of rotatable bonds is 7. The third-order valence-electron chi connectivity index (χ3n) is 3.15. The maximum absolute atomic E-state index is 12.0. The highest BCUT2D eigenvalue weighted by molar-refractivity contribution is 5.95. The van der Waals surface area contributed by atoms with Crippen molar-refractivity contribution < 1.29 is 14.4 Å². The Kier molecular flexibility index (Phi) is 5.43. The standard InChI is InChI=1S/C17H16N2O3/c20-11-16(19-17(22)14-4-2-1-3-5-14)10-13-6-8-15(9-7-13)18-12-21/h1-9,11-12,16H,10H2,(H,18,21)(H,19,22). The van der Waals surface area contributed by atoms with E-state index in [0.29, 0.717) is 24.1 Å². The summed E-state index contributed by atoms with van der Waals surface area (Å²) in [5.74, 6) is -0.281. The van der Waals surface area contributed by atoms with E-state index in [-0.39, 0.29) is 5.91 Å². The van der Waals surface area contributed by atoms with E-state index in [9.17, 15) is 14.4 Å². The Morgan fingerprint density at radius 2 is 1.68 bits per heavy atom. The van der Waals surface area contributed by atoms with Gasteiger partial charge in [-0.3, -0.25) is 9.59 Å². The molecule has 0 bridgehead atoms. The number of hydrogen-bond acceptors (Lipinski definition) is 3. The van der Waals surface area contributed by atoms with Gasteiger partial charge in [0.05, 0.1) is 6.04 Å². The second kappa shape index (κ2) is 7.73. The zero-order valence-electron chi connectivity index (χ0n) is 11.9. The third kappa shape index (κ3) is 4.28. The molecule has 2 aromatic rings. The molecule has 0 aliphatic rings. The molecule has 0 saturated carbocycles. The first-order valence-electron chi connectivity index (χ1n) is 6.83. The van der Waals surface area contributed by atoms with Crippen LogP contribution < -0.4 is 10.6 Å². The summed E-state index contributed by atoms with van der Waals surface area (Å²) in [6.07, 6.45) is 1.71. The highest BCUT2D eigenvalue weighted by Gasteiger charge is 2.13. The highest BCUT2D eigenvalue weighted by atomic mass is 16.2. The summed E-state index contributed by atoms with van der Waals surface area (Å²) in [5.41, 5.74) is 2.08. The number of carbonyl (C=O) groups is 3. The molecule has 0 aliphatic heterocycles. The smallest absolute Gasteiger partial charge is 0.251 e.